The zero-order valence-corrected chi connectivity index (χ0v) is 14.0. The van der Waals surface area contributed by atoms with Gasteiger partial charge in [-0.3, -0.25) is 4.79 Å². The maximum Gasteiger partial charge on any atom is 0.248 e. The predicted molar refractivity (Wildman–Crippen MR) is 89.4 cm³/mol. The second-order valence-corrected chi connectivity index (χ2v) is 6.14. The highest BCUT2D eigenvalue weighted by atomic mass is 16.5. The summed E-state index contributed by atoms with van der Waals surface area (Å²) in [4.78, 5) is 24.1. The molecule has 0 unspecified atom stereocenters. The van der Waals surface area contributed by atoms with Gasteiger partial charge in [-0.05, 0) is 19.1 Å². The molecule has 1 aromatic carbocycles. The summed E-state index contributed by atoms with van der Waals surface area (Å²) < 4.78 is 5.20. The molecule has 0 aliphatic heterocycles. The third kappa shape index (κ3) is 3.61. The molecule has 126 valence electrons. The van der Waals surface area contributed by atoms with Crippen molar-refractivity contribution in [3.8, 4) is 0 Å². The van der Waals surface area contributed by atoms with Crippen molar-refractivity contribution in [1.82, 2.24) is 25.4 Å². The van der Waals surface area contributed by atoms with Crippen LogP contribution >= 0.6 is 0 Å². The van der Waals surface area contributed by atoms with Gasteiger partial charge in [0.05, 0.1) is 11.0 Å². The fourth-order valence-electron chi connectivity index (χ4n) is 2.39. The number of aromatic nitrogens is 4. The third-order valence-corrected chi connectivity index (χ3v) is 3.75. The van der Waals surface area contributed by atoms with Gasteiger partial charge in [0.1, 0.15) is 11.9 Å². The number of benzene rings is 1. The van der Waals surface area contributed by atoms with Gasteiger partial charge in [0.15, 0.2) is 5.82 Å². The van der Waals surface area contributed by atoms with Crippen molar-refractivity contribution in [3.05, 3.63) is 41.8 Å². The summed E-state index contributed by atoms with van der Waals surface area (Å²) in [6, 6.07) is 7.49. The van der Waals surface area contributed by atoms with Gasteiger partial charge in [-0.2, -0.15) is 4.98 Å². The van der Waals surface area contributed by atoms with E-state index >= 15 is 0 Å². The van der Waals surface area contributed by atoms with Gasteiger partial charge in [0.2, 0.25) is 11.8 Å². The lowest BCUT2D eigenvalue weighted by Gasteiger charge is -2.09. The van der Waals surface area contributed by atoms with E-state index in [2.05, 4.69) is 25.4 Å². The molecule has 0 radical (unpaired) electrons. The Morgan fingerprint density at radius 3 is 2.75 bits per heavy atom. The number of imidazole rings is 1. The SMILES string of the molecule is CC(C)c1noc([C@@H](C)NC(=O)CCc2nc3ccccc3[nH]2)n1. The zero-order valence-electron chi connectivity index (χ0n) is 14.0. The summed E-state index contributed by atoms with van der Waals surface area (Å²) >= 11 is 0. The average Bonchev–Trinajstić information content (AvgIpc) is 3.19. The Kier molecular flexibility index (Phi) is 4.59. The van der Waals surface area contributed by atoms with E-state index in [0.29, 0.717) is 24.6 Å². The summed E-state index contributed by atoms with van der Waals surface area (Å²) in [5.41, 5.74) is 1.89. The molecule has 7 heteroatoms. The highest BCUT2D eigenvalue weighted by molar-refractivity contribution is 5.77. The molecule has 0 saturated carbocycles. The van der Waals surface area contributed by atoms with Gasteiger partial charge < -0.3 is 14.8 Å². The van der Waals surface area contributed by atoms with E-state index in [4.69, 9.17) is 4.52 Å². The molecule has 0 spiro atoms. The number of aromatic amines is 1. The molecular formula is C17H21N5O2. The van der Waals surface area contributed by atoms with Crippen LogP contribution < -0.4 is 5.32 Å². The second kappa shape index (κ2) is 6.82. The minimum absolute atomic E-state index is 0.0766. The summed E-state index contributed by atoms with van der Waals surface area (Å²) in [6.45, 7) is 5.81. The van der Waals surface area contributed by atoms with E-state index < -0.39 is 0 Å². The first-order chi connectivity index (χ1) is 11.5. The number of carbonyl (C=O) groups excluding carboxylic acids is 1. The van der Waals surface area contributed by atoms with Crippen LogP contribution in [0.15, 0.2) is 28.8 Å². The Labute approximate surface area is 139 Å². The largest absolute Gasteiger partial charge is 0.345 e. The monoisotopic (exact) mass is 327 g/mol. The summed E-state index contributed by atoms with van der Waals surface area (Å²) in [6.07, 6.45) is 0.893. The molecule has 2 N–H and O–H groups in total. The quantitative estimate of drug-likeness (QED) is 0.725. The van der Waals surface area contributed by atoms with Crippen LogP contribution in [-0.4, -0.2) is 26.0 Å². The molecule has 0 aliphatic rings. The Hall–Kier alpha value is -2.70. The van der Waals surface area contributed by atoms with Crippen molar-refractivity contribution >= 4 is 16.9 Å². The summed E-state index contributed by atoms with van der Waals surface area (Å²) in [5, 5.41) is 6.79. The van der Waals surface area contributed by atoms with Gasteiger partial charge >= 0.3 is 0 Å². The highest BCUT2D eigenvalue weighted by Gasteiger charge is 2.18. The fourth-order valence-corrected chi connectivity index (χ4v) is 2.39. The number of hydrogen-bond acceptors (Lipinski definition) is 5. The van der Waals surface area contributed by atoms with E-state index in [1.807, 2.05) is 45.0 Å². The summed E-state index contributed by atoms with van der Waals surface area (Å²) in [7, 11) is 0. The topological polar surface area (TPSA) is 96.7 Å². The number of hydrogen-bond donors (Lipinski definition) is 2. The molecule has 2 heterocycles. The number of para-hydroxylation sites is 2. The lowest BCUT2D eigenvalue weighted by Crippen LogP contribution is -2.27. The second-order valence-electron chi connectivity index (χ2n) is 6.14. The molecule has 3 rings (SSSR count). The number of nitrogens with one attached hydrogen (secondary N) is 2. The first-order valence-corrected chi connectivity index (χ1v) is 8.09. The number of rotatable bonds is 6. The van der Waals surface area contributed by atoms with E-state index in [9.17, 15) is 4.79 Å². The van der Waals surface area contributed by atoms with Gasteiger partial charge in [-0.15, -0.1) is 0 Å². The molecule has 0 saturated heterocycles. The molecule has 3 aromatic rings. The van der Waals surface area contributed by atoms with Gasteiger partial charge in [0, 0.05) is 18.8 Å². The number of H-pyrrole nitrogens is 1. The first kappa shape index (κ1) is 16.2. The molecule has 2 aromatic heterocycles. The van der Waals surface area contributed by atoms with Crippen molar-refractivity contribution in [2.75, 3.05) is 0 Å². The van der Waals surface area contributed by atoms with Crippen LogP contribution in [0.4, 0.5) is 0 Å². The minimum Gasteiger partial charge on any atom is -0.345 e. The third-order valence-electron chi connectivity index (χ3n) is 3.75. The van der Waals surface area contributed by atoms with Gasteiger partial charge in [-0.25, -0.2) is 4.98 Å². The van der Waals surface area contributed by atoms with Crippen LogP contribution in [0.5, 0.6) is 0 Å². The lowest BCUT2D eigenvalue weighted by molar-refractivity contribution is -0.121. The van der Waals surface area contributed by atoms with Gasteiger partial charge in [0.25, 0.3) is 0 Å². The number of aryl methyl sites for hydroxylation is 1. The molecular weight excluding hydrogens is 306 g/mol. The number of carbonyl (C=O) groups is 1. The fraction of sp³-hybridized carbons (Fsp3) is 0.412. The van der Waals surface area contributed by atoms with Crippen LogP contribution in [0.25, 0.3) is 11.0 Å². The van der Waals surface area contributed by atoms with Crippen molar-refractivity contribution in [3.63, 3.8) is 0 Å². The molecule has 1 atom stereocenters. The number of amides is 1. The minimum atomic E-state index is -0.312. The molecule has 0 aliphatic carbocycles. The van der Waals surface area contributed by atoms with Gasteiger partial charge in [-0.1, -0.05) is 31.1 Å². The number of fused-ring (bicyclic) bond motifs is 1. The van der Waals surface area contributed by atoms with Crippen LogP contribution in [0.3, 0.4) is 0 Å². The highest BCUT2D eigenvalue weighted by Crippen LogP contribution is 2.15. The van der Waals surface area contributed by atoms with Crippen molar-refractivity contribution in [2.45, 2.75) is 45.6 Å². The standard InChI is InChI=1S/C17H21N5O2/c1-10(2)16-21-17(24-22-16)11(3)18-15(23)9-8-14-19-12-6-4-5-7-13(12)20-14/h4-7,10-11H,8-9H2,1-3H3,(H,18,23)(H,19,20)/t11-/m1/s1. The molecule has 0 fully saturated rings. The Morgan fingerprint density at radius 2 is 2.04 bits per heavy atom. The number of nitrogens with zero attached hydrogens (tertiary/aromatic N) is 3. The maximum atomic E-state index is 12.1. The molecule has 7 nitrogen and oxygen atoms in total. The molecule has 0 bridgehead atoms. The Balaban J connectivity index is 1.54. The average molecular weight is 327 g/mol. The van der Waals surface area contributed by atoms with Crippen molar-refractivity contribution in [1.29, 1.82) is 0 Å². The van der Waals surface area contributed by atoms with E-state index in [0.717, 1.165) is 16.9 Å². The smallest absolute Gasteiger partial charge is 0.248 e. The van der Waals surface area contributed by atoms with E-state index in [1.165, 1.54) is 0 Å². The van der Waals surface area contributed by atoms with Crippen LogP contribution in [0.2, 0.25) is 0 Å². The zero-order chi connectivity index (χ0) is 17.1. The molecule has 1 amide bonds. The lowest BCUT2D eigenvalue weighted by atomic mass is 10.2. The van der Waals surface area contributed by atoms with Crippen molar-refractivity contribution < 1.29 is 9.32 Å². The Morgan fingerprint density at radius 1 is 1.25 bits per heavy atom. The molecule has 24 heavy (non-hydrogen) atoms. The predicted octanol–water partition coefficient (Wildman–Crippen LogP) is 2.88. The van der Waals surface area contributed by atoms with Crippen LogP contribution in [0, 0.1) is 0 Å². The van der Waals surface area contributed by atoms with Crippen LogP contribution in [0.1, 0.15) is 56.7 Å². The normalized spacial score (nSPS) is 12.7. The first-order valence-electron chi connectivity index (χ1n) is 8.09. The van der Waals surface area contributed by atoms with E-state index in [1.54, 1.807) is 0 Å². The summed E-state index contributed by atoms with van der Waals surface area (Å²) in [5.74, 6) is 1.99. The van der Waals surface area contributed by atoms with Crippen LogP contribution in [-0.2, 0) is 11.2 Å². The van der Waals surface area contributed by atoms with Crippen molar-refractivity contribution in [2.24, 2.45) is 0 Å². The maximum absolute atomic E-state index is 12.1. The Bertz CT molecular complexity index is 803. The van der Waals surface area contributed by atoms with E-state index in [-0.39, 0.29) is 17.9 Å².